The van der Waals surface area contributed by atoms with E-state index in [1.807, 2.05) is 19.3 Å². The molecule has 0 aliphatic heterocycles. The van der Waals surface area contributed by atoms with Crippen molar-refractivity contribution >= 4 is 0 Å². The summed E-state index contributed by atoms with van der Waals surface area (Å²) in [5, 5.41) is 3.16. The van der Waals surface area contributed by atoms with E-state index in [-0.39, 0.29) is 0 Å². The molecular weight excluding hydrogens is 224 g/mol. The van der Waals surface area contributed by atoms with Crippen LogP contribution in [0.2, 0.25) is 0 Å². The van der Waals surface area contributed by atoms with Gasteiger partial charge in [0.2, 0.25) is 5.88 Å². The van der Waals surface area contributed by atoms with Gasteiger partial charge in [0.25, 0.3) is 0 Å². The maximum absolute atomic E-state index is 6.12. The van der Waals surface area contributed by atoms with Crippen molar-refractivity contribution in [2.75, 3.05) is 7.05 Å². The third-order valence-corrected chi connectivity index (χ3v) is 3.81. The quantitative estimate of drug-likeness (QED) is 0.869. The molecule has 0 radical (unpaired) electrons. The molecule has 0 spiro atoms. The van der Waals surface area contributed by atoms with Crippen molar-refractivity contribution in [3.05, 3.63) is 23.9 Å². The van der Waals surface area contributed by atoms with Crippen molar-refractivity contribution in [3.8, 4) is 5.88 Å². The van der Waals surface area contributed by atoms with Crippen LogP contribution in [0.15, 0.2) is 18.3 Å². The number of nitrogens with zero attached hydrogens (tertiary/aromatic N) is 1. The number of nitrogens with one attached hydrogen (secondary N) is 1. The molecule has 0 saturated heterocycles. The van der Waals surface area contributed by atoms with Gasteiger partial charge in [-0.15, -0.1) is 0 Å². The zero-order valence-corrected chi connectivity index (χ0v) is 11.5. The van der Waals surface area contributed by atoms with Crippen LogP contribution in [-0.4, -0.2) is 18.1 Å². The molecule has 1 saturated carbocycles. The standard InChI is InChI=1S/C15H24N2O/c1-3-12-6-4-8-14(10-12)18-15-13(11-16-2)7-5-9-17-15/h5,7,9,12,14,16H,3-4,6,8,10-11H2,1-2H3. The van der Waals surface area contributed by atoms with Crippen LogP contribution in [0.3, 0.4) is 0 Å². The molecule has 3 nitrogen and oxygen atoms in total. The van der Waals surface area contributed by atoms with E-state index in [2.05, 4.69) is 23.3 Å². The topological polar surface area (TPSA) is 34.1 Å². The van der Waals surface area contributed by atoms with E-state index in [9.17, 15) is 0 Å². The number of ether oxygens (including phenoxy) is 1. The Morgan fingerprint density at radius 2 is 2.33 bits per heavy atom. The van der Waals surface area contributed by atoms with E-state index in [1.54, 1.807) is 0 Å². The summed E-state index contributed by atoms with van der Waals surface area (Å²) in [4.78, 5) is 4.38. The van der Waals surface area contributed by atoms with Gasteiger partial charge >= 0.3 is 0 Å². The third kappa shape index (κ3) is 3.45. The number of hydrogen-bond donors (Lipinski definition) is 1. The number of hydrogen-bond acceptors (Lipinski definition) is 3. The lowest BCUT2D eigenvalue weighted by molar-refractivity contribution is 0.116. The molecule has 0 aromatic carbocycles. The summed E-state index contributed by atoms with van der Waals surface area (Å²) in [5.74, 6) is 1.65. The van der Waals surface area contributed by atoms with E-state index >= 15 is 0 Å². The highest BCUT2D eigenvalue weighted by Crippen LogP contribution is 2.29. The highest BCUT2D eigenvalue weighted by atomic mass is 16.5. The summed E-state index contributed by atoms with van der Waals surface area (Å²) in [5.41, 5.74) is 1.15. The molecule has 0 bridgehead atoms. The maximum Gasteiger partial charge on any atom is 0.218 e. The molecule has 18 heavy (non-hydrogen) atoms. The fraction of sp³-hybridized carbons (Fsp3) is 0.667. The first-order chi connectivity index (χ1) is 8.83. The second-order valence-electron chi connectivity index (χ2n) is 5.18. The van der Waals surface area contributed by atoms with Gasteiger partial charge < -0.3 is 10.1 Å². The Kier molecular flexibility index (Phi) is 5.00. The molecule has 2 rings (SSSR count). The molecule has 1 aromatic rings. The SMILES string of the molecule is CCC1CCCC(Oc2ncccc2CNC)C1. The predicted molar refractivity (Wildman–Crippen MR) is 73.7 cm³/mol. The van der Waals surface area contributed by atoms with Gasteiger partial charge in [0.05, 0.1) is 0 Å². The summed E-state index contributed by atoms with van der Waals surface area (Å²) in [7, 11) is 1.95. The van der Waals surface area contributed by atoms with Gasteiger partial charge in [-0.25, -0.2) is 4.98 Å². The third-order valence-electron chi connectivity index (χ3n) is 3.81. The summed E-state index contributed by atoms with van der Waals surface area (Å²) in [6.45, 7) is 3.09. The lowest BCUT2D eigenvalue weighted by Crippen LogP contribution is -2.26. The molecule has 0 amide bonds. The van der Waals surface area contributed by atoms with Gasteiger partial charge in [0.15, 0.2) is 0 Å². The molecule has 1 aliphatic carbocycles. The van der Waals surface area contributed by atoms with Crippen molar-refractivity contribution < 1.29 is 4.74 Å². The van der Waals surface area contributed by atoms with Crippen LogP contribution >= 0.6 is 0 Å². The van der Waals surface area contributed by atoms with Gasteiger partial charge in [-0.1, -0.05) is 25.8 Å². The number of aromatic nitrogens is 1. The van der Waals surface area contributed by atoms with Gasteiger partial charge in [-0.3, -0.25) is 0 Å². The van der Waals surface area contributed by atoms with Crippen LogP contribution < -0.4 is 10.1 Å². The predicted octanol–water partition coefficient (Wildman–Crippen LogP) is 3.15. The van der Waals surface area contributed by atoms with Crippen LogP contribution in [0.4, 0.5) is 0 Å². The second kappa shape index (κ2) is 6.74. The second-order valence-corrected chi connectivity index (χ2v) is 5.18. The molecule has 1 N–H and O–H groups in total. The van der Waals surface area contributed by atoms with Gasteiger partial charge in [-0.05, 0) is 38.3 Å². The molecule has 100 valence electrons. The minimum absolute atomic E-state index is 0.356. The first-order valence-corrected chi connectivity index (χ1v) is 7.08. The van der Waals surface area contributed by atoms with Crippen LogP contribution in [0.25, 0.3) is 0 Å². The minimum atomic E-state index is 0.356. The van der Waals surface area contributed by atoms with Crippen LogP contribution in [0, 0.1) is 5.92 Å². The molecule has 2 unspecified atom stereocenters. The molecule has 1 aliphatic rings. The average molecular weight is 248 g/mol. The fourth-order valence-corrected chi connectivity index (χ4v) is 2.73. The van der Waals surface area contributed by atoms with Crippen molar-refractivity contribution in [1.29, 1.82) is 0 Å². The van der Waals surface area contributed by atoms with Crippen LogP contribution in [-0.2, 0) is 6.54 Å². The molecule has 3 heteroatoms. The Balaban J connectivity index is 1.99. The van der Waals surface area contributed by atoms with Gasteiger partial charge in [0.1, 0.15) is 6.10 Å². The monoisotopic (exact) mass is 248 g/mol. The van der Waals surface area contributed by atoms with Crippen molar-refractivity contribution in [1.82, 2.24) is 10.3 Å². The first-order valence-electron chi connectivity index (χ1n) is 7.08. The van der Waals surface area contributed by atoms with Crippen LogP contribution in [0.1, 0.15) is 44.6 Å². The van der Waals surface area contributed by atoms with E-state index in [4.69, 9.17) is 4.74 Å². The molecular formula is C15H24N2O. The van der Waals surface area contributed by atoms with E-state index in [0.717, 1.165) is 23.9 Å². The summed E-state index contributed by atoms with van der Waals surface area (Å²) < 4.78 is 6.12. The molecule has 1 fully saturated rings. The lowest BCUT2D eigenvalue weighted by atomic mass is 9.85. The largest absolute Gasteiger partial charge is 0.474 e. The van der Waals surface area contributed by atoms with Crippen molar-refractivity contribution in [2.45, 2.75) is 51.7 Å². The van der Waals surface area contributed by atoms with E-state index in [1.165, 1.54) is 32.1 Å². The summed E-state index contributed by atoms with van der Waals surface area (Å²) >= 11 is 0. The number of rotatable bonds is 5. The number of pyridine rings is 1. The Labute approximate surface area is 110 Å². The molecule has 1 heterocycles. The Hall–Kier alpha value is -1.09. The minimum Gasteiger partial charge on any atom is -0.474 e. The van der Waals surface area contributed by atoms with E-state index in [0.29, 0.717) is 6.10 Å². The van der Waals surface area contributed by atoms with Gasteiger partial charge in [-0.2, -0.15) is 0 Å². The lowest BCUT2D eigenvalue weighted by Gasteiger charge is -2.29. The molecule has 2 atom stereocenters. The van der Waals surface area contributed by atoms with Gasteiger partial charge in [0, 0.05) is 18.3 Å². The average Bonchev–Trinajstić information content (AvgIpc) is 2.41. The first kappa shape index (κ1) is 13.3. The Morgan fingerprint density at radius 1 is 1.44 bits per heavy atom. The highest BCUT2D eigenvalue weighted by molar-refractivity contribution is 5.25. The highest BCUT2D eigenvalue weighted by Gasteiger charge is 2.23. The van der Waals surface area contributed by atoms with Crippen molar-refractivity contribution in [3.63, 3.8) is 0 Å². The fourth-order valence-electron chi connectivity index (χ4n) is 2.73. The molecule has 1 aromatic heterocycles. The normalized spacial score (nSPS) is 23.9. The zero-order valence-electron chi connectivity index (χ0n) is 11.5. The Morgan fingerprint density at radius 3 is 3.11 bits per heavy atom. The van der Waals surface area contributed by atoms with Crippen LogP contribution in [0.5, 0.6) is 5.88 Å². The summed E-state index contributed by atoms with van der Waals surface area (Å²) in [6.07, 6.45) is 8.45. The smallest absolute Gasteiger partial charge is 0.218 e. The summed E-state index contributed by atoms with van der Waals surface area (Å²) in [6, 6.07) is 4.05. The van der Waals surface area contributed by atoms with Crippen molar-refractivity contribution in [2.24, 2.45) is 5.92 Å². The maximum atomic E-state index is 6.12. The van der Waals surface area contributed by atoms with E-state index < -0.39 is 0 Å². The zero-order chi connectivity index (χ0) is 12.8. The Bertz CT molecular complexity index is 367.